The lowest BCUT2D eigenvalue weighted by Gasteiger charge is -2.08. The molecule has 1 rings (SSSR count). The molecule has 0 aliphatic heterocycles. The third-order valence-electron chi connectivity index (χ3n) is 1.84. The SMILES string of the molecule is COC(=O)c1cnc(OC(F)F)c(F)c1C. The highest BCUT2D eigenvalue weighted by atomic mass is 19.3. The van der Waals surface area contributed by atoms with Crippen LogP contribution in [0.3, 0.4) is 0 Å². The second-order valence-corrected chi connectivity index (χ2v) is 2.79. The lowest BCUT2D eigenvalue weighted by atomic mass is 10.1. The van der Waals surface area contributed by atoms with E-state index in [2.05, 4.69) is 14.5 Å². The Kier molecular flexibility index (Phi) is 3.70. The molecule has 1 heterocycles. The van der Waals surface area contributed by atoms with E-state index in [9.17, 15) is 18.0 Å². The van der Waals surface area contributed by atoms with E-state index in [1.807, 2.05) is 0 Å². The number of esters is 1. The molecule has 0 fully saturated rings. The molecule has 0 saturated heterocycles. The van der Waals surface area contributed by atoms with Gasteiger partial charge in [0.1, 0.15) is 0 Å². The smallest absolute Gasteiger partial charge is 0.388 e. The number of methoxy groups -OCH3 is 1. The van der Waals surface area contributed by atoms with Crippen molar-refractivity contribution in [3.8, 4) is 5.88 Å². The van der Waals surface area contributed by atoms with Gasteiger partial charge in [-0.3, -0.25) is 0 Å². The Morgan fingerprint density at radius 2 is 2.12 bits per heavy atom. The van der Waals surface area contributed by atoms with Crippen LogP contribution in [0.4, 0.5) is 13.2 Å². The van der Waals surface area contributed by atoms with Crippen LogP contribution in [-0.4, -0.2) is 24.7 Å². The molecule has 7 heteroatoms. The van der Waals surface area contributed by atoms with Gasteiger partial charge >= 0.3 is 12.6 Å². The first-order chi connectivity index (χ1) is 7.47. The van der Waals surface area contributed by atoms with E-state index in [0.29, 0.717) is 0 Å². The van der Waals surface area contributed by atoms with Gasteiger partial charge < -0.3 is 9.47 Å². The molecule has 0 aromatic carbocycles. The molecule has 0 unspecified atom stereocenters. The van der Waals surface area contributed by atoms with Crippen molar-refractivity contribution in [1.82, 2.24) is 4.98 Å². The first kappa shape index (κ1) is 12.3. The summed E-state index contributed by atoms with van der Waals surface area (Å²) >= 11 is 0. The number of alkyl halides is 2. The number of nitrogens with zero attached hydrogens (tertiary/aromatic N) is 1. The summed E-state index contributed by atoms with van der Waals surface area (Å²) in [6, 6.07) is 0. The van der Waals surface area contributed by atoms with Crippen molar-refractivity contribution < 1.29 is 27.4 Å². The highest BCUT2D eigenvalue weighted by molar-refractivity contribution is 5.90. The molecule has 0 N–H and O–H groups in total. The summed E-state index contributed by atoms with van der Waals surface area (Å²) in [6.45, 7) is -1.94. The average Bonchev–Trinajstić information content (AvgIpc) is 2.23. The number of carbonyl (C=O) groups excluding carboxylic acids is 1. The Bertz CT molecular complexity index is 409. The van der Waals surface area contributed by atoms with Crippen LogP contribution in [0.15, 0.2) is 6.20 Å². The fraction of sp³-hybridized carbons (Fsp3) is 0.333. The molecule has 1 aromatic heterocycles. The van der Waals surface area contributed by atoms with Crippen LogP contribution in [0.5, 0.6) is 5.88 Å². The quantitative estimate of drug-likeness (QED) is 0.751. The van der Waals surface area contributed by atoms with Crippen LogP contribution < -0.4 is 4.74 Å². The minimum Gasteiger partial charge on any atom is -0.465 e. The normalized spacial score (nSPS) is 10.4. The Morgan fingerprint density at radius 1 is 1.50 bits per heavy atom. The van der Waals surface area contributed by atoms with E-state index in [1.165, 1.54) is 6.92 Å². The van der Waals surface area contributed by atoms with Gasteiger partial charge in [0.05, 0.1) is 12.7 Å². The largest absolute Gasteiger partial charge is 0.465 e. The van der Waals surface area contributed by atoms with Gasteiger partial charge in [0.2, 0.25) is 0 Å². The first-order valence-corrected chi connectivity index (χ1v) is 4.15. The topological polar surface area (TPSA) is 48.4 Å². The maximum absolute atomic E-state index is 13.4. The average molecular weight is 235 g/mol. The van der Waals surface area contributed by atoms with Crippen molar-refractivity contribution in [1.29, 1.82) is 0 Å². The van der Waals surface area contributed by atoms with E-state index in [4.69, 9.17) is 0 Å². The summed E-state index contributed by atoms with van der Waals surface area (Å²) in [7, 11) is 1.11. The molecule has 0 aliphatic rings. The zero-order chi connectivity index (χ0) is 12.3. The lowest BCUT2D eigenvalue weighted by Crippen LogP contribution is -2.11. The van der Waals surface area contributed by atoms with Gasteiger partial charge in [-0.25, -0.2) is 14.2 Å². The maximum Gasteiger partial charge on any atom is 0.388 e. The summed E-state index contributed by atoms with van der Waals surface area (Å²) in [4.78, 5) is 14.4. The number of rotatable bonds is 3. The van der Waals surface area contributed by atoms with Crippen LogP contribution in [0.2, 0.25) is 0 Å². The third-order valence-corrected chi connectivity index (χ3v) is 1.84. The molecule has 0 amide bonds. The van der Waals surface area contributed by atoms with Crippen molar-refractivity contribution in [3.63, 3.8) is 0 Å². The molecule has 0 radical (unpaired) electrons. The fourth-order valence-electron chi connectivity index (χ4n) is 1.04. The van der Waals surface area contributed by atoms with Crippen molar-refractivity contribution in [3.05, 3.63) is 23.1 Å². The molecular formula is C9H8F3NO3. The van der Waals surface area contributed by atoms with Gasteiger partial charge in [0.15, 0.2) is 5.82 Å². The van der Waals surface area contributed by atoms with Crippen molar-refractivity contribution in [2.24, 2.45) is 0 Å². The van der Waals surface area contributed by atoms with E-state index in [0.717, 1.165) is 13.3 Å². The summed E-state index contributed by atoms with van der Waals surface area (Å²) in [5, 5.41) is 0. The monoisotopic (exact) mass is 235 g/mol. The van der Waals surface area contributed by atoms with Gasteiger partial charge in [0, 0.05) is 11.8 Å². The van der Waals surface area contributed by atoms with E-state index >= 15 is 0 Å². The Labute approximate surface area is 89.0 Å². The van der Waals surface area contributed by atoms with Gasteiger partial charge in [-0.15, -0.1) is 0 Å². The van der Waals surface area contributed by atoms with Crippen molar-refractivity contribution in [2.75, 3.05) is 7.11 Å². The van der Waals surface area contributed by atoms with E-state index < -0.39 is 24.3 Å². The predicted molar refractivity (Wildman–Crippen MR) is 46.9 cm³/mol. The number of hydrogen-bond donors (Lipinski definition) is 0. The van der Waals surface area contributed by atoms with Crippen LogP contribution in [-0.2, 0) is 4.74 Å². The van der Waals surface area contributed by atoms with Crippen LogP contribution in [0.1, 0.15) is 15.9 Å². The van der Waals surface area contributed by atoms with Crippen molar-refractivity contribution >= 4 is 5.97 Å². The summed E-state index contributed by atoms with van der Waals surface area (Å²) in [5.41, 5.74) is -0.292. The molecule has 0 spiro atoms. The Hall–Kier alpha value is -1.79. The van der Waals surface area contributed by atoms with Crippen LogP contribution in [0, 0.1) is 12.7 Å². The second-order valence-electron chi connectivity index (χ2n) is 2.79. The number of pyridine rings is 1. The van der Waals surface area contributed by atoms with Crippen molar-refractivity contribution in [2.45, 2.75) is 13.5 Å². The zero-order valence-corrected chi connectivity index (χ0v) is 8.46. The molecule has 0 bridgehead atoms. The Morgan fingerprint density at radius 3 is 2.62 bits per heavy atom. The first-order valence-electron chi connectivity index (χ1n) is 4.15. The fourth-order valence-corrected chi connectivity index (χ4v) is 1.04. The number of halogens is 3. The molecular weight excluding hydrogens is 227 g/mol. The number of hydrogen-bond acceptors (Lipinski definition) is 4. The molecule has 1 aromatic rings. The second kappa shape index (κ2) is 4.82. The van der Waals surface area contributed by atoms with Crippen LogP contribution in [0.25, 0.3) is 0 Å². The number of aromatic nitrogens is 1. The van der Waals surface area contributed by atoms with E-state index in [-0.39, 0.29) is 11.1 Å². The summed E-state index contributed by atoms with van der Waals surface area (Å²) in [5.74, 6) is -2.75. The molecule has 0 atom stereocenters. The molecule has 88 valence electrons. The maximum atomic E-state index is 13.4. The minimum atomic E-state index is -3.18. The lowest BCUT2D eigenvalue weighted by molar-refractivity contribution is -0.0554. The third kappa shape index (κ3) is 2.41. The highest BCUT2D eigenvalue weighted by Crippen LogP contribution is 2.22. The van der Waals surface area contributed by atoms with Gasteiger partial charge in [0.25, 0.3) is 5.88 Å². The molecule has 0 saturated carbocycles. The highest BCUT2D eigenvalue weighted by Gasteiger charge is 2.19. The van der Waals surface area contributed by atoms with Gasteiger partial charge in [-0.2, -0.15) is 8.78 Å². The number of ether oxygens (including phenoxy) is 2. The van der Waals surface area contributed by atoms with Gasteiger partial charge in [-0.05, 0) is 6.92 Å². The minimum absolute atomic E-state index is 0.137. The molecule has 0 aliphatic carbocycles. The van der Waals surface area contributed by atoms with Crippen LogP contribution >= 0.6 is 0 Å². The van der Waals surface area contributed by atoms with E-state index in [1.54, 1.807) is 0 Å². The molecule has 16 heavy (non-hydrogen) atoms. The Balaban J connectivity index is 3.13. The standard InChI is InChI=1S/C9H8F3NO3/c1-4-5(8(14)15-2)3-13-7(6(4)10)16-9(11)12/h3,9H,1-2H3. The summed E-state index contributed by atoms with van der Waals surface area (Å²) < 4.78 is 45.2. The summed E-state index contributed by atoms with van der Waals surface area (Å²) in [6.07, 6.45) is 0.919. The molecule has 4 nitrogen and oxygen atoms in total. The number of carbonyl (C=O) groups is 1. The van der Waals surface area contributed by atoms with Gasteiger partial charge in [-0.1, -0.05) is 0 Å². The predicted octanol–water partition coefficient (Wildman–Crippen LogP) is 1.92. The zero-order valence-electron chi connectivity index (χ0n) is 8.46.